The van der Waals surface area contributed by atoms with E-state index in [1.165, 1.54) is 5.56 Å². The van der Waals surface area contributed by atoms with Gasteiger partial charge in [0.1, 0.15) is 0 Å². The molecule has 0 radical (unpaired) electrons. The molecule has 0 fully saturated rings. The lowest BCUT2D eigenvalue weighted by molar-refractivity contribution is 1.15. The fourth-order valence-corrected chi connectivity index (χ4v) is 0.565. The summed E-state index contributed by atoms with van der Waals surface area (Å²) >= 11 is 0. The van der Waals surface area contributed by atoms with Gasteiger partial charge in [0, 0.05) is 11.9 Å². The highest BCUT2D eigenvalue weighted by atomic mass is 32.1. The maximum absolute atomic E-state index is 4.08. The molecule has 1 heterocycles. The van der Waals surface area contributed by atoms with Crippen molar-refractivity contribution in [1.82, 2.24) is 4.98 Å². The van der Waals surface area contributed by atoms with E-state index in [0.29, 0.717) is 0 Å². The molecule has 0 spiro atoms. The third-order valence-corrected chi connectivity index (χ3v) is 1.27. The molecule has 1 rings (SSSR count). The zero-order valence-corrected chi connectivity index (χ0v) is 6.68. The van der Waals surface area contributed by atoms with Crippen molar-refractivity contribution in [3.63, 3.8) is 0 Å². The van der Waals surface area contributed by atoms with Gasteiger partial charge in [-0.05, 0) is 25.5 Å². The quantitative estimate of drug-likeness (QED) is 0.537. The highest BCUT2D eigenvalue weighted by Gasteiger charge is 1.85. The number of pyridine rings is 1. The monoisotopic (exact) mass is 141 g/mol. The van der Waals surface area contributed by atoms with Crippen LogP contribution in [0.1, 0.15) is 11.3 Å². The van der Waals surface area contributed by atoms with Crippen LogP contribution in [0.5, 0.6) is 0 Å². The van der Waals surface area contributed by atoms with Crippen molar-refractivity contribution in [2.24, 2.45) is 0 Å². The lowest BCUT2D eigenvalue weighted by Crippen LogP contribution is -1.81. The molecule has 0 unspecified atom stereocenters. The van der Waals surface area contributed by atoms with E-state index in [1.807, 2.05) is 19.2 Å². The Balaban J connectivity index is 0.000000640. The molecule has 1 nitrogen and oxygen atoms in total. The molecule has 0 aliphatic rings. The maximum Gasteiger partial charge on any atom is 0.0401 e. The van der Waals surface area contributed by atoms with Crippen molar-refractivity contribution in [1.29, 1.82) is 0 Å². The van der Waals surface area contributed by atoms with E-state index in [4.69, 9.17) is 0 Å². The number of aryl methyl sites for hydroxylation is 2. The zero-order chi connectivity index (χ0) is 5.98. The van der Waals surface area contributed by atoms with E-state index in [9.17, 15) is 0 Å². The molecular weight excluding hydrogens is 130 g/mol. The number of aromatic nitrogens is 1. The summed E-state index contributed by atoms with van der Waals surface area (Å²) < 4.78 is 0. The zero-order valence-electron chi connectivity index (χ0n) is 5.68. The Hall–Kier alpha value is -0.500. The number of nitrogens with zero attached hydrogens (tertiary/aromatic N) is 1. The Morgan fingerprint density at radius 3 is 2.33 bits per heavy atom. The van der Waals surface area contributed by atoms with Gasteiger partial charge in [-0.2, -0.15) is 13.5 Å². The Labute approximate surface area is 62.6 Å². The van der Waals surface area contributed by atoms with Gasteiger partial charge in [-0.15, -0.1) is 0 Å². The van der Waals surface area contributed by atoms with Crippen LogP contribution < -0.4 is 0 Å². The molecule has 0 aliphatic heterocycles. The third kappa shape index (κ3) is 2.06. The number of hydrogen-bond donors (Lipinski definition) is 0. The van der Waals surface area contributed by atoms with Gasteiger partial charge in [0.15, 0.2) is 0 Å². The Kier molecular flexibility index (Phi) is 3.32. The molecule has 2 heteroatoms. The first-order valence-corrected chi connectivity index (χ1v) is 2.69. The molecule has 0 saturated carbocycles. The van der Waals surface area contributed by atoms with Crippen molar-refractivity contribution in [2.75, 3.05) is 0 Å². The van der Waals surface area contributed by atoms with Crippen molar-refractivity contribution >= 4 is 13.5 Å². The average molecular weight is 141 g/mol. The molecule has 1 aromatic rings. The minimum Gasteiger partial charge on any atom is -0.261 e. The highest BCUT2D eigenvalue weighted by Crippen LogP contribution is 1.98. The van der Waals surface area contributed by atoms with Crippen LogP contribution in [0.3, 0.4) is 0 Å². The van der Waals surface area contributed by atoms with E-state index in [1.54, 1.807) is 0 Å². The standard InChI is InChI=1S/C7H9N.H2S/c1-6-4-3-5-8-7(6)2;/h3-5H,1-2H3;1H2. The lowest BCUT2D eigenvalue weighted by Gasteiger charge is -1.92. The minimum absolute atomic E-state index is 0. The van der Waals surface area contributed by atoms with Gasteiger partial charge in [0.05, 0.1) is 0 Å². The van der Waals surface area contributed by atoms with E-state index < -0.39 is 0 Å². The SMILES string of the molecule is Cc1cccnc1C.S. The Morgan fingerprint density at radius 2 is 2.00 bits per heavy atom. The summed E-state index contributed by atoms with van der Waals surface area (Å²) in [6.45, 7) is 4.07. The summed E-state index contributed by atoms with van der Waals surface area (Å²) in [6, 6.07) is 4.00. The first-order chi connectivity index (χ1) is 3.80. The molecular formula is C7H11NS. The van der Waals surface area contributed by atoms with Crippen molar-refractivity contribution in [2.45, 2.75) is 13.8 Å². The third-order valence-electron chi connectivity index (χ3n) is 1.27. The van der Waals surface area contributed by atoms with E-state index >= 15 is 0 Å². The number of rotatable bonds is 0. The predicted molar refractivity (Wildman–Crippen MR) is 44.1 cm³/mol. The van der Waals surface area contributed by atoms with Gasteiger partial charge in [0.25, 0.3) is 0 Å². The molecule has 9 heavy (non-hydrogen) atoms. The highest BCUT2D eigenvalue weighted by molar-refractivity contribution is 7.59. The van der Waals surface area contributed by atoms with Crippen LogP contribution in [0, 0.1) is 13.8 Å². The molecule has 0 amide bonds. The molecule has 50 valence electrons. The topological polar surface area (TPSA) is 12.9 Å². The summed E-state index contributed by atoms with van der Waals surface area (Å²) in [7, 11) is 0. The second-order valence-corrected chi connectivity index (χ2v) is 1.91. The van der Waals surface area contributed by atoms with Gasteiger partial charge < -0.3 is 0 Å². The normalized spacial score (nSPS) is 8.22. The molecule has 0 bridgehead atoms. The van der Waals surface area contributed by atoms with Crippen LogP contribution in [0.25, 0.3) is 0 Å². The van der Waals surface area contributed by atoms with Gasteiger partial charge in [-0.3, -0.25) is 4.98 Å². The summed E-state index contributed by atoms with van der Waals surface area (Å²) in [6.07, 6.45) is 1.81. The van der Waals surface area contributed by atoms with Gasteiger partial charge in [-0.1, -0.05) is 6.07 Å². The smallest absolute Gasteiger partial charge is 0.0401 e. The molecule has 0 aromatic carbocycles. The summed E-state index contributed by atoms with van der Waals surface area (Å²) in [5.74, 6) is 0. The van der Waals surface area contributed by atoms with Crippen LogP contribution in [-0.4, -0.2) is 4.98 Å². The Bertz CT molecular complexity index is 165. The van der Waals surface area contributed by atoms with E-state index in [2.05, 4.69) is 18.0 Å². The van der Waals surface area contributed by atoms with Crippen LogP contribution >= 0.6 is 13.5 Å². The van der Waals surface area contributed by atoms with Crippen LogP contribution in [-0.2, 0) is 0 Å². The molecule has 0 atom stereocenters. The first-order valence-electron chi connectivity index (χ1n) is 2.69. The van der Waals surface area contributed by atoms with Crippen molar-refractivity contribution in [3.05, 3.63) is 29.6 Å². The van der Waals surface area contributed by atoms with Gasteiger partial charge in [-0.25, -0.2) is 0 Å². The van der Waals surface area contributed by atoms with Crippen molar-refractivity contribution in [3.8, 4) is 0 Å². The van der Waals surface area contributed by atoms with E-state index in [-0.39, 0.29) is 13.5 Å². The minimum atomic E-state index is 0. The van der Waals surface area contributed by atoms with E-state index in [0.717, 1.165) is 5.69 Å². The van der Waals surface area contributed by atoms with Crippen molar-refractivity contribution < 1.29 is 0 Å². The van der Waals surface area contributed by atoms with Crippen LogP contribution in [0.15, 0.2) is 18.3 Å². The molecule has 0 aliphatic carbocycles. The summed E-state index contributed by atoms with van der Waals surface area (Å²) in [5, 5.41) is 0. The second-order valence-electron chi connectivity index (χ2n) is 1.91. The number of hydrogen-bond acceptors (Lipinski definition) is 1. The average Bonchev–Trinajstić information content (AvgIpc) is 1.77. The fourth-order valence-electron chi connectivity index (χ4n) is 0.565. The molecule has 0 saturated heterocycles. The Morgan fingerprint density at radius 1 is 1.33 bits per heavy atom. The van der Waals surface area contributed by atoms with Crippen LogP contribution in [0.4, 0.5) is 0 Å². The van der Waals surface area contributed by atoms with Gasteiger partial charge >= 0.3 is 0 Å². The first kappa shape index (κ1) is 8.50. The second kappa shape index (κ2) is 3.51. The maximum atomic E-state index is 4.08. The molecule has 0 N–H and O–H groups in total. The van der Waals surface area contributed by atoms with Gasteiger partial charge in [0.2, 0.25) is 0 Å². The summed E-state index contributed by atoms with van der Waals surface area (Å²) in [5.41, 5.74) is 2.38. The lowest BCUT2D eigenvalue weighted by atomic mass is 10.2. The molecule has 1 aromatic heterocycles. The fraction of sp³-hybridized carbons (Fsp3) is 0.286. The predicted octanol–water partition coefficient (Wildman–Crippen LogP) is 1.81. The summed E-state index contributed by atoms with van der Waals surface area (Å²) in [4.78, 5) is 4.08. The van der Waals surface area contributed by atoms with Crippen LogP contribution in [0.2, 0.25) is 0 Å². The largest absolute Gasteiger partial charge is 0.261 e.